The smallest absolute Gasteiger partial charge is 0.232 e. The van der Waals surface area contributed by atoms with Gasteiger partial charge in [-0.15, -0.1) is 11.3 Å². The van der Waals surface area contributed by atoms with Crippen molar-refractivity contribution in [1.29, 1.82) is 0 Å². The van der Waals surface area contributed by atoms with Gasteiger partial charge in [0.1, 0.15) is 4.83 Å². The van der Waals surface area contributed by atoms with Crippen molar-refractivity contribution in [3.63, 3.8) is 0 Å². The number of nitrogens with zero attached hydrogens (tertiary/aromatic N) is 3. The minimum Gasteiger partial charge on any atom is -0.493 e. The molecule has 0 fully saturated rings. The fraction of sp³-hybridized carbons (Fsp3) is 0.190. The molecule has 0 bridgehead atoms. The lowest BCUT2D eigenvalue weighted by molar-refractivity contribution is 0.376. The highest BCUT2D eigenvalue weighted by atomic mass is 32.1. The number of benzene rings is 1. The van der Waals surface area contributed by atoms with Crippen LogP contribution in [0.25, 0.3) is 21.6 Å². The Morgan fingerprint density at radius 3 is 2.70 bits per heavy atom. The van der Waals surface area contributed by atoms with Gasteiger partial charge in [-0.3, -0.25) is 4.98 Å². The van der Waals surface area contributed by atoms with Crippen LogP contribution in [0, 0.1) is 0 Å². The summed E-state index contributed by atoms with van der Waals surface area (Å²) >= 11 is 1.75. The summed E-state index contributed by atoms with van der Waals surface area (Å²) in [6, 6.07) is 11.5. The molecule has 134 valence electrons. The van der Waals surface area contributed by atoms with E-state index < -0.39 is 0 Å². The number of aromatic nitrogens is 3. The molecule has 0 unspecified atom stereocenters. The molecule has 0 saturated carbocycles. The van der Waals surface area contributed by atoms with Crippen molar-refractivity contribution in [2.75, 3.05) is 7.11 Å². The Hall–Kier alpha value is -2.99. The van der Waals surface area contributed by atoms with Gasteiger partial charge in [0.25, 0.3) is 0 Å². The maximum Gasteiger partial charge on any atom is 0.232 e. The highest BCUT2D eigenvalue weighted by Crippen LogP contribution is 2.43. The van der Waals surface area contributed by atoms with Crippen molar-refractivity contribution in [2.45, 2.75) is 19.3 Å². The van der Waals surface area contributed by atoms with E-state index in [1.165, 1.54) is 16.9 Å². The number of aryl methyl sites for hydroxylation is 2. The Balaban J connectivity index is 1.71. The van der Waals surface area contributed by atoms with Crippen LogP contribution < -0.4 is 9.47 Å². The summed E-state index contributed by atoms with van der Waals surface area (Å²) < 4.78 is 11.7. The first-order valence-electron chi connectivity index (χ1n) is 8.87. The molecule has 5 rings (SSSR count). The molecule has 1 aliphatic rings. The number of methoxy groups -OCH3 is 1. The van der Waals surface area contributed by atoms with Crippen LogP contribution >= 0.6 is 11.3 Å². The van der Waals surface area contributed by atoms with Gasteiger partial charge in [-0.2, -0.15) is 4.98 Å². The molecule has 1 aliphatic carbocycles. The number of ether oxygens (including phenoxy) is 2. The average molecular weight is 375 g/mol. The molecule has 0 N–H and O–H groups in total. The van der Waals surface area contributed by atoms with Crippen molar-refractivity contribution in [3.8, 4) is 28.8 Å². The van der Waals surface area contributed by atoms with E-state index >= 15 is 0 Å². The number of para-hydroxylation sites is 2. The maximum atomic E-state index is 6.27. The second-order valence-electron chi connectivity index (χ2n) is 6.38. The van der Waals surface area contributed by atoms with Gasteiger partial charge in [0.2, 0.25) is 5.88 Å². The van der Waals surface area contributed by atoms with E-state index in [9.17, 15) is 0 Å². The first-order chi connectivity index (χ1) is 13.3. The SMILES string of the molecule is COc1ccccc1Oc1nc(-c2cccnc2)nc2sc3c(c12)CCC3. The molecule has 1 aromatic carbocycles. The Kier molecular flexibility index (Phi) is 3.98. The van der Waals surface area contributed by atoms with Crippen LogP contribution in [0.4, 0.5) is 0 Å². The zero-order valence-electron chi connectivity index (χ0n) is 14.8. The van der Waals surface area contributed by atoms with Gasteiger partial charge in [0.05, 0.1) is 12.5 Å². The van der Waals surface area contributed by atoms with Crippen LogP contribution in [0.3, 0.4) is 0 Å². The molecule has 5 nitrogen and oxygen atoms in total. The molecule has 27 heavy (non-hydrogen) atoms. The van der Waals surface area contributed by atoms with E-state index in [1.807, 2.05) is 36.4 Å². The Bertz CT molecular complexity index is 1130. The van der Waals surface area contributed by atoms with Gasteiger partial charge in [-0.1, -0.05) is 12.1 Å². The highest BCUT2D eigenvalue weighted by molar-refractivity contribution is 7.19. The van der Waals surface area contributed by atoms with Crippen LogP contribution in [-0.2, 0) is 12.8 Å². The van der Waals surface area contributed by atoms with E-state index in [2.05, 4.69) is 4.98 Å². The lowest BCUT2D eigenvalue weighted by Crippen LogP contribution is -1.97. The van der Waals surface area contributed by atoms with E-state index in [-0.39, 0.29) is 0 Å². The summed E-state index contributed by atoms with van der Waals surface area (Å²) in [7, 11) is 1.64. The summed E-state index contributed by atoms with van der Waals surface area (Å²) in [5, 5.41) is 1.03. The summed E-state index contributed by atoms with van der Waals surface area (Å²) in [5.41, 5.74) is 2.20. The molecule has 0 aliphatic heterocycles. The predicted molar refractivity (Wildman–Crippen MR) is 106 cm³/mol. The molecule has 3 heterocycles. The monoisotopic (exact) mass is 375 g/mol. The van der Waals surface area contributed by atoms with Gasteiger partial charge in [-0.05, 0) is 49.1 Å². The van der Waals surface area contributed by atoms with Crippen LogP contribution in [0.5, 0.6) is 17.4 Å². The normalized spacial score (nSPS) is 12.9. The topological polar surface area (TPSA) is 57.1 Å². The molecule has 0 amide bonds. The van der Waals surface area contributed by atoms with E-state index in [4.69, 9.17) is 19.4 Å². The van der Waals surface area contributed by atoms with E-state index in [0.717, 1.165) is 28.6 Å². The van der Waals surface area contributed by atoms with Crippen LogP contribution in [0.2, 0.25) is 0 Å². The fourth-order valence-corrected chi connectivity index (χ4v) is 4.72. The molecule has 0 spiro atoms. The standard InChI is InChI=1S/C21H17N3O2S/c1-25-15-8-2-3-9-16(15)26-20-18-14-7-4-10-17(14)27-21(18)24-19(23-20)13-6-5-11-22-12-13/h2-3,5-6,8-9,11-12H,4,7,10H2,1H3. The molecule has 4 aromatic rings. The molecule has 3 aromatic heterocycles. The summed E-state index contributed by atoms with van der Waals surface area (Å²) in [6.45, 7) is 0. The molecular weight excluding hydrogens is 358 g/mol. The molecule has 0 saturated heterocycles. The second-order valence-corrected chi connectivity index (χ2v) is 7.47. The third-order valence-corrected chi connectivity index (χ3v) is 5.91. The van der Waals surface area contributed by atoms with Gasteiger partial charge < -0.3 is 9.47 Å². The first kappa shape index (κ1) is 16.2. The third kappa shape index (κ3) is 2.82. The van der Waals surface area contributed by atoms with Crippen molar-refractivity contribution in [2.24, 2.45) is 0 Å². The summed E-state index contributed by atoms with van der Waals surface area (Å²) in [5.74, 6) is 2.54. The van der Waals surface area contributed by atoms with Gasteiger partial charge >= 0.3 is 0 Å². The fourth-order valence-electron chi connectivity index (χ4n) is 3.47. The Labute approximate surface area is 160 Å². The number of thiophene rings is 1. The number of pyridine rings is 1. The molecule has 6 heteroatoms. The largest absolute Gasteiger partial charge is 0.493 e. The Morgan fingerprint density at radius 1 is 1.00 bits per heavy atom. The van der Waals surface area contributed by atoms with E-state index in [1.54, 1.807) is 30.8 Å². The first-order valence-corrected chi connectivity index (χ1v) is 9.68. The second kappa shape index (κ2) is 6.63. The highest BCUT2D eigenvalue weighted by Gasteiger charge is 2.24. The number of fused-ring (bicyclic) bond motifs is 3. The van der Waals surface area contributed by atoms with Crippen molar-refractivity contribution in [1.82, 2.24) is 15.0 Å². The number of hydrogen-bond donors (Lipinski definition) is 0. The van der Waals surface area contributed by atoms with Gasteiger partial charge in [0.15, 0.2) is 17.3 Å². The zero-order chi connectivity index (χ0) is 18.2. The predicted octanol–water partition coefficient (Wildman–Crippen LogP) is 5.04. The lowest BCUT2D eigenvalue weighted by atomic mass is 10.2. The Morgan fingerprint density at radius 2 is 1.89 bits per heavy atom. The summed E-state index contributed by atoms with van der Waals surface area (Å²) in [4.78, 5) is 16.1. The number of hydrogen-bond acceptors (Lipinski definition) is 6. The number of rotatable bonds is 4. The molecular formula is C21H17N3O2S. The van der Waals surface area contributed by atoms with E-state index in [0.29, 0.717) is 23.2 Å². The average Bonchev–Trinajstić information content (AvgIpc) is 3.30. The molecule has 0 atom stereocenters. The third-order valence-electron chi connectivity index (χ3n) is 4.73. The maximum absolute atomic E-state index is 6.27. The van der Waals surface area contributed by atoms with Gasteiger partial charge in [0, 0.05) is 22.8 Å². The minimum absolute atomic E-state index is 0.586. The van der Waals surface area contributed by atoms with Crippen LogP contribution in [0.15, 0.2) is 48.8 Å². The van der Waals surface area contributed by atoms with Gasteiger partial charge in [-0.25, -0.2) is 4.98 Å². The van der Waals surface area contributed by atoms with Crippen molar-refractivity contribution in [3.05, 3.63) is 59.2 Å². The van der Waals surface area contributed by atoms with Crippen molar-refractivity contribution >= 4 is 21.6 Å². The summed E-state index contributed by atoms with van der Waals surface area (Å²) in [6.07, 6.45) is 6.85. The zero-order valence-corrected chi connectivity index (χ0v) is 15.6. The molecule has 0 radical (unpaired) electrons. The lowest BCUT2D eigenvalue weighted by Gasteiger charge is -2.12. The van der Waals surface area contributed by atoms with Crippen LogP contribution in [-0.4, -0.2) is 22.1 Å². The minimum atomic E-state index is 0.586. The van der Waals surface area contributed by atoms with Crippen molar-refractivity contribution < 1.29 is 9.47 Å². The quantitative estimate of drug-likeness (QED) is 0.500. The van der Waals surface area contributed by atoms with Crippen LogP contribution in [0.1, 0.15) is 16.9 Å².